The van der Waals surface area contributed by atoms with Crippen LogP contribution in [0, 0.1) is 6.92 Å². The number of carbonyl (C=O) groups excluding carboxylic acids is 1. The maximum atomic E-state index is 12.3. The molecule has 3 nitrogen and oxygen atoms in total. The zero-order valence-electron chi connectivity index (χ0n) is 12.1. The maximum absolute atomic E-state index is 12.3. The maximum Gasteiger partial charge on any atom is 0.236 e. The Labute approximate surface area is 120 Å². The molecule has 0 saturated carbocycles. The van der Waals surface area contributed by atoms with Gasteiger partial charge in [-0.25, -0.2) is 0 Å². The number of para-hydroxylation sites is 1. The molecule has 0 aliphatic rings. The molecule has 0 aliphatic carbocycles. The molecule has 1 N–H and O–H groups in total. The number of hydrogen-bond acceptors (Lipinski definition) is 3. The summed E-state index contributed by atoms with van der Waals surface area (Å²) in [5.41, 5.74) is 2.08. The zero-order valence-corrected chi connectivity index (χ0v) is 12.9. The lowest BCUT2D eigenvalue weighted by Gasteiger charge is -2.24. The normalized spacial score (nSPS) is 13.9. The molecule has 4 heteroatoms. The topological polar surface area (TPSA) is 40.5 Å². The number of rotatable bonds is 6. The summed E-state index contributed by atoms with van der Waals surface area (Å²) < 4.78 is 0. The van der Waals surface area contributed by atoms with Crippen LogP contribution in [0.15, 0.2) is 24.3 Å². The number of carbonyl (C=O) groups is 1. The summed E-state index contributed by atoms with van der Waals surface area (Å²) in [6.45, 7) is 8.34. The molecule has 2 atom stereocenters. The minimum atomic E-state index is -0.397. The molecule has 0 aromatic heterocycles. The van der Waals surface area contributed by atoms with Crippen molar-refractivity contribution in [2.45, 2.75) is 39.0 Å². The molecule has 0 spiro atoms. The summed E-state index contributed by atoms with van der Waals surface area (Å²) in [6.07, 6.45) is -0.397. The number of aryl methyl sites for hydroxylation is 1. The van der Waals surface area contributed by atoms with Crippen molar-refractivity contribution in [3.05, 3.63) is 29.8 Å². The van der Waals surface area contributed by atoms with Crippen molar-refractivity contribution in [3.63, 3.8) is 0 Å². The lowest BCUT2D eigenvalue weighted by Crippen LogP contribution is -2.33. The van der Waals surface area contributed by atoms with Gasteiger partial charge in [0.25, 0.3) is 0 Å². The first-order valence-electron chi connectivity index (χ1n) is 6.63. The third-order valence-electron chi connectivity index (χ3n) is 3.17. The molecule has 0 fully saturated rings. The highest BCUT2D eigenvalue weighted by Crippen LogP contribution is 2.21. The highest BCUT2D eigenvalue weighted by atomic mass is 32.2. The van der Waals surface area contributed by atoms with E-state index in [1.165, 1.54) is 11.8 Å². The molecule has 1 aromatic carbocycles. The minimum absolute atomic E-state index is 0.0690. The van der Waals surface area contributed by atoms with E-state index in [9.17, 15) is 9.90 Å². The Morgan fingerprint density at radius 2 is 2.00 bits per heavy atom. The Balaban J connectivity index is 2.70. The first-order valence-corrected chi connectivity index (χ1v) is 7.67. The van der Waals surface area contributed by atoms with E-state index in [0.29, 0.717) is 12.3 Å². The van der Waals surface area contributed by atoms with Gasteiger partial charge in [0.05, 0.1) is 11.9 Å². The SMILES string of the molecule is CCN(C(=O)CSC(C)C(C)O)c1ccccc1C. The van der Waals surface area contributed by atoms with Crippen molar-refractivity contribution >= 4 is 23.4 Å². The lowest BCUT2D eigenvalue weighted by molar-refractivity contribution is -0.116. The Bertz CT molecular complexity index is 420. The van der Waals surface area contributed by atoms with Crippen LogP contribution in [-0.2, 0) is 4.79 Å². The number of aliphatic hydroxyl groups is 1. The van der Waals surface area contributed by atoms with E-state index in [-0.39, 0.29) is 11.2 Å². The fourth-order valence-electron chi connectivity index (χ4n) is 1.77. The first kappa shape index (κ1) is 16.1. The zero-order chi connectivity index (χ0) is 14.4. The predicted molar refractivity (Wildman–Crippen MR) is 82.8 cm³/mol. The number of anilines is 1. The summed E-state index contributed by atoms with van der Waals surface area (Å²) in [4.78, 5) is 14.1. The van der Waals surface area contributed by atoms with Crippen LogP contribution in [0.4, 0.5) is 5.69 Å². The highest BCUT2D eigenvalue weighted by Gasteiger charge is 2.18. The number of thioether (sulfide) groups is 1. The molecule has 0 radical (unpaired) electrons. The molecule has 106 valence electrons. The van der Waals surface area contributed by atoms with E-state index in [1.807, 2.05) is 45.0 Å². The summed E-state index contributed by atoms with van der Waals surface area (Å²) in [5, 5.41) is 9.51. The van der Waals surface area contributed by atoms with E-state index in [1.54, 1.807) is 11.8 Å². The Morgan fingerprint density at radius 1 is 1.37 bits per heavy atom. The minimum Gasteiger partial charge on any atom is -0.392 e. The van der Waals surface area contributed by atoms with Crippen molar-refractivity contribution in [1.82, 2.24) is 0 Å². The van der Waals surface area contributed by atoms with E-state index in [4.69, 9.17) is 0 Å². The van der Waals surface area contributed by atoms with Crippen molar-refractivity contribution < 1.29 is 9.90 Å². The van der Waals surface area contributed by atoms with Crippen LogP contribution < -0.4 is 4.90 Å². The first-order chi connectivity index (χ1) is 8.97. The monoisotopic (exact) mass is 281 g/mol. The molecule has 0 aliphatic heterocycles. The molecule has 1 aromatic rings. The fraction of sp³-hybridized carbons (Fsp3) is 0.533. The number of hydrogen-bond donors (Lipinski definition) is 1. The smallest absolute Gasteiger partial charge is 0.236 e. The van der Waals surface area contributed by atoms with Crippen LogP contribution >= 0.6 is 11.8 Å². The van der Waals surface area contributed by atoms with Gasteiger partial charge in [-0.05, 0) is 32.4 Å². The van der Waals surface area contributed by atoms with E-state index >= 15 is 0 Å². The number of benzene rings is 1. The summed E-state index contributed by atoms with van der Waals surface area (Å²) in [6, 6.07) is 7.90. The fourth-order valence-corrected chi connectivity index (χ4v) is 2.61. The van der Waals surface area contributed by atoms with Gasteiger partial charge in [0.1, 0.15) is 0 Å². The number of aliphatic hydroxyl groups excluding tert-OH is 1. The van der Waals surface area contributed by atoms with Crippen molar-refractivity contribution in [1.29, 1.82) is 0 Å². The van der Waals surface area contributed by atoms with Crippen LogP contribution in [-0.4, -0.2) is 34.7 Å². The second kappa shape index (κ2) is 7.56. The predicted octanol–water partition coefficient (Wildman–Crippen LogP) is 2.85. The summed E-state index contributed by atoms with van der Waals surface area (Å²) in [5.74, 6) is 0.489. The highest BCUT2D eigenvalue weighted by molar-refractivity contribution is 8.00. The Kier molecular flexibility index (Phi) is 6.38. The van der Waals surface area contributed by atoms with Gasteiger partial charge in [0, 0.05) is 17.5 Å². The molecule has 0 heterocycles. The second-order valence-corrected chi connectivity index (χ2v) is 6.05. The quantitative estimate of drug-likeness (QED) is 0.871. The molecule has 1 rings (SSSR count). The molecule has 0 bridgehead atoms. The Hall–Kier alpha value is -1.00. The molecular weight excluding hydrogens is 258 g/mol. The van der Waals surface area contributed by atoms with Crippen molar-refractivity contribution in [2.24, 2.45) is 0 Å². The average molecular weight is 281 g/mol. The largest absolute Gasteiger partial charge is 0.392 e. The van der Waals surface area contributed by atoms with Crippen LogP contribution in [0.3, 0.4) is 0 Å². The third-order valence-corrected chi connectivity index (χ3v) is 4.51. The molecular formula is C15H23NO2S. The standard InChI is InChI=1S/C15H23NO2S/c1-5-16(14-9-7-6-8-11(14)2)15(18)10-19-13(4)12(3)17/h6-9,12-13,17H,5,10H2,1-4H3. The van der Waals surface area contributed by atoms with Crippen LogP contribution in [0.5, 0.6) is 0 Å². The number of amides is 1. The van der Waals surface area contributed by atoms with Gasteiger partial charge < -0.3 is 10.0 Å². The van der Waals surface area contributed by atoms with Gasteiger partial charge in [0.15, 0.2) is 0 Å². The van der Waals surface area contributed by atoms with Crippen molar-refractivity contribution in [3.8, 4) is 0 Å². The number of nitrogens with zero attached hydrogens (tertiary/aromatic N) is 1. The van der Waals surface area contributed by atoms with E-state index < -0.39 is 6.10 Å². The summed E-state index contributed by atoms with van der Waals surface area (Å²) in [7, 11) is 0. The van der Waals surface area contributed by atoms with Gasteiger partial charge >= 0.3 is 0 Å². The van der Waals surface area contributed by atoms with Gasteiger partial charge in [-0.15, -0.1) is 11.8 Å². The van der Waals surface area contributed by atoms with Crippen LogP contribution in [0.25, 0.3) is 0 Å². The van der Waals surface area contributed by atoms with Gasteiger partial charge in [0.2, 0.25) is 5.91 Å². The third kappa shape index (κ3) is 4.55. The summed E-state index contributed by atoms with van der Waals surface area (Å²) >= 11 is 1.50. The van der Waals surface area contributed by atoms with Gasteiger partial charge in [-0.3, -0.25) is 4.79 Å². The van der Waals surface area contributed by atoms with Crippen LogP contribution in [0.1, 0.15) is 26.3 Å². The molecule has 0 saturated heterocycles. The van der Waals surface area contributed by atoms with Gasteiger partial charge in [-0.1, -0.05) is 25.1 Å². The molecule has 2 unspecified atom stereocenters. The Morgan fingerprint density at radius 3 is 2.53 bits per heavy atom. The average Bonchev–Trinajstić information content (AvgIpc) is 2.38. The van der Waals surface area contributed by atoms with Crippen molar-refractivity contribution in [2.75, 3.05) is 17.2 Å². The second-order valence-electron chi connectivity index (χ2n) is 4.68. The molecule has 19 heavy (non-hydrogen) atoms. The molecule has 1 amide bonds. The lowest BCUT2D eigenvalue weighted by atomic mass is 10.2. The van der Waals surface area contributed by atoms with E-state index in [0.717, 1.165) is 11.3 Å². The van der Waals surface area contributed by atoms with Crippen LogP contribution in [0.2, 0.25) is 0 Å². The van der Waals surface area contributed by atoms with Gasteiger partial charge in [-0.2, -0.15) is 0 Å². The van der Waals surface area contributed by atoms with E-state index in [2.05, 4.69) is 0 Å².